The lowest BCUT2D eigenvalue weighted by Gasteiger charge is -2.25. The fourth-order valence-electron chi connectivity index (χ4n) is 3.51. The number of aliphatic imine (C=N–C) groups is 2. The van der Waals surface area contributed by atoms with Gasteiger partial charge in [0.15, 0.2) is 11.7 Å². The molecule has 14 heteroatoms. The molecule has 3 rings (SSSR count). The predicted octanol–water partition coefficient (Wildman–Crippen LogP) is 8.31. The highest BCUT2D eigenvalue weighted by Gasteiger charge is 2.23. The third-order valence-corrected chi connectivity index (χ3v) is 9.21. The number of halogens is 3. The van der Waals surface area contributed by atoms with E-state index in [2.05, 4.69) is 37.0 Å². The van der Waals surface area contributed by atoms with E-state index < -0.39 is 13.0 Å². The van der Waals surface area contributed by atoms with Gasteiger partial charge in [-0.1, -0.05) is 13.8 Å². The number of hydrogen-bond acceptors (Lipinski definition) is 9. The van der Waals surface area contributed by atoms with Crippen LogP contribution in [0, 0.1) is 20.8 Å². The standard InChI is InChI=1S/C25H28F2IN8PS2.C2H6/c1-14-10-22(33-16(3)31-14)35-24(36(37-28)12-21(26)27)23(30-4)19(8-9-29)34-18-7-6-17(11-20(18)38-5)25-32-15(2)13-39-25;1-2/h6-11,13,21,34,37H,4,12,29H2,1-3,5H3;1-2H3/b9-8+,23-19-,35-24?;. The van der Waals surface area contributed by atoms with Gasteiger partial charge in [-0.2, -0.15) is 0 Å². The second-order valence-electron chi connectivity index (χ2n) is 8.05. The number of amidine groups is 1. The van der Waals surface area contributed by atoms with Crippen molar-refractivity contribution in [1.29, 1.82) is 0 Å². The second kappa shape index (κ2) is 17.5. The molecule has 0 saturated heterocycles. The van der Waals surface area contributed by atoms with Gasteiger partial charge in [-0.15, -0.1) is 23.1 Å². The van der Waals surface area contributed by atoms with Gasteiger partial charge in [-0.05, 0) is 86.3 Å². The van der Waals surface area contributed by atoms with E-state index in [0.29, 0.717) is 23.0 Å². The lowest BCUT2D eigenvalue weighted by molar-refractivity contribution is 0.137. The van der Waals surface area contributed by atoms with Gasteiger partial charge < -0.3 is 15.7 Å². The summed E-state index contributed by atoms with van der Waals surface area (Å²) in [6, 6.07) is 7.64. The van der Waals surface area contributed by atoms with E-state index in [9.17, 15) is 8.78 Å². The minimum atomic E-state index is -2.59. The van der Waals surface area contributed by atoms with Crippen molar-refractivity contribution in [2.45, 2.75) is 45.9 Å². The zero-order valence-electron chi connectivity index (χ0n) is 23.7. The van der Waals surface area contributed by atoms with Crippen molar-refractivity contribution >= 4 is 75.6 Å². The molecule has 1 atom stereocenters. The lowest BCUT2D eigenvalue weighted by Crippen LogP contribution is -2.29. The summed E-state index contributed by atoms with van der Waals surface area (Å²) in [6.45, 7) is 12.7. The first-order chi connectivity index (χ1) is 19.7. The van der Waals surface area contributed by atoms with Crippen molar-refractivity contribution in [3.63, 3.8) is 0 Å². The van der Waals surface area contributed by atoms with E-state index in [1.165, 1.54) is 10.9 Å². The molecule has 2 heterocycles. The fraction of sp³-hybridized carbons (Fsp3) is 0.296. The van der Waals surface area contributed by atoms with Gasteiger partial charge >= 0.3 is 0 Å². The van der Waals surface area contributed by atoms with Crippen molar-refractivity contribution < 1.29 is 8.78 Å². The number of thioether (sulfide) groups is 1. The first-order valence-electron chi connectivity index (χ1n) is 12.5. The third kappa shape index (κ3) is 10.1. The number of nitrogens with zero attached hydrogens (tertiary/aromatic N) is 6. The van der Waals surface area contributed by atoms with Crippen molar-refractivity contribution in [3.05, 3.63) is 70.5 Å². The molecule has 0 aliphatic rings. The Morgan fingerprint density at radius 2 is 1.95 bits per heavy atom. The number of anilines is 1. The van der Waals surface area contributed by atoms with Gasteiger partial charge in [-0.25, -0.2) is 28.7 Å². The van der Waals surface area contributed by atoms with E-state index in [-0.39, 0.29) is 17.9 Å². The molecule has 3 aromatic rings. The number of nitrogens with one attached hydrogen (secondary N) is 1. The first-order valence-corrected chi connectivity index (χ1v) is 18.7. The fourth-order valence-corrected chi connectivity index (χ4v) is 6.61. The summed E-state index contributed by atoms with van der Waals surface area (Å²) in [7, 11) is 0. The molecule has 1 unspecified atom stereocenters. The van der Waals surface area contributed by atoms with Crippen LogP contribution in [0.3, 0.4) is 0 Å². The molecule has 0 saturated carbocycles. The topological polar surface area (TPSA) is 105 Å². The zero-order chi connectivity index (χ0) is 30.5. The van der Waals surface area contributed by atoms with E-state index in [4.69, 9.17) is 5.73 Å². The number of allylic oxidation sites excluding steroid dienone is 1. The lowest BCUT2D eigenvalue weighted by atomic mass is 10.2. The molecule has 0 spiro atoms. The number of rotatable bonds is 11. The summed E-state index contributed by atoms with van der Waals surface area (Å²) in [5.41, 5.74) is 9.94. The maximum atomic E-state index is 13.6. The van der Waals surface area contributed by atoms with E-state index >= 15 is 0 Å². The summed E-state index contributed by atoms with van der Waals surface area (Å²) in [6.07, 6.45) is 2.27. The second-order valence-corrected chi connectivity index (χ2v) is 11.9. The molecule has 0 bridgehead atoms. The summed E-state index contributed by atoms with van der Waals surface area (Å²) in [5.74, 6) is 1.04. The number of nitrogens with two attached hydrogens (primary N) is 1. The zero-order valence-corrected chi connectivity index (χ0v) is 28.5. The molecule has 3 N–H and O–H groups in total. The van der Waals surface area contributed by atoms with Crippen LogP contribution in [0.4, 0.5) is 20.3 Å². The quantitative estimate of drug-likeness (QED) is 0.0511. The van der Waals surface area contributed by atoms with E-state index in [1.807, 2.05) is 79.6 Å². The largest absolute Gasteiger partial charge is 0.405 e. The molecular formula is C27H34F2IN8PS2. The Labute approximate surface area is 263 Å². The minimum absolute atomic E-state index is 0.0572. The van der Waals surface area contributed by atoms with E-state index in [1.54, 1.807) is 42.2 Å². The van der Waals surface area contributed by atoms with Crippen LogP contribution < -0.4 is 11.1 Å². The Bertz CT molecular complexity index is 1390. The normalized spacial score (nSPS) is 12.5. The number of hydrogen-bond donors (Lipinski definition) is 2. The maximum absolute atomic E-state index is 13.6. The molecule has 0 amide bonds. The van der Waals surface area contributed by atoms with Gasteiger partial charge in [0.25, 0.3) is 6.43 Å². The van der Waals surface area contributed by atoms with Crippen LogP contribution >= 0.6 is 51.5 Å². The Balaban J connectivity index is 0.00000287. The Morgan fingerprint density at radius 3 is 2.49 bits per heavy atom. The predicted molar refractivity (Wildman–Crippen MR) is 183 cm³/mol. The Hall–Kier alpha value is -2.48. The molecule has 0 radical (unpaired) electrons. The smallest absolute Gasteiger partial charge is 0.256 e. The third-order valence-electron chi connectivity index (χ3n) is 5.08. The summed E-state index contributed by atoms with van der Waals surface area (Å²) in [4.78, 5) is 23.1. The minimum Gasteiger partial charge on any atom is -0.405 e. The molecule has 8 nitrogen and oxygen atoms in total. The van der Waals surface area contributed by atoms with Gasteiger partial charge in [0.05, 0.1) is 17.9 Å². The Kier molecular flexibility index (Phi) is 14.8. The van der Waals surface area contributed by atoms with Crippen LogP contribution in [-0.4, -0.2) is 51.4 Å². The van der Waals surface area contributed by atoms with Crippen LogP contribution in [0.15, 0.2) is 68.2 Å². The van der Waals surface area contributed by atoms with Crippen LogP contribution in [0.1, 0.15) is 31.1 Å². The van der Waals surface area contributed by atoms with Gasteiger partial charge in [-0.3, -0.25) is 4.99 Å². The highest BCUT2D eigenvalue weighted by Crippen LogP contribution is 2.35. The number of alkyl halides is 2. The number of thiazole rings is 1. The molecule has 2 aromatic heterocycles. The summed E-state index contributed by atoms with van der Waals surface area (Å²) >= 11 is 5.18. The number of benzene rings is 1. The number of aromatic nitrogens is 3. The molecule has 0 aliphatic carbocycles. The SMILES string of the molecule is C=N/C(C(=Nc1cc(C)nc(C)n1)N(CC(F)F)PI)=C(/C=C/N)Nc1ccc(-c2nc(C)cs2)cc1SC.CC. The van der Waals surface area contributed by atoms with E-state index in [0.717, 1.165) is 26.8 Å². The van der Waals surface area contributed by atoms with Crippen LogP contribution in [-0.2, 0) is 0 Å². The average Bonchev–Trinajstić information content (AvgIpc) is 3.38. The molecule has 0 aliphatic heterocycles. The van der Waals surface area contributed by atoms with Gasteiger partial charge in [0.2, 0.25) is 0 Å². The highest BCUT2D eigenvalue weighted by atomic mass is 127. The van der Waals surface area contributed by atoms with Gasteiger partial charge in [0, 0.05) is 39.7 Å². The monoisotopic (exact) mass is 730 g/mol. The summed E-state index contributed by atoms with van der Waals surface area (Å²) in [5, 5.41) is 6.31. The van der Waals surface area contributed by atoms with Crippen molar-refractivity contribution in [1.82, 2.24) is 19.6 Å². The van der Waals surface area contributed by atoms with Crippen molar-refractivity contribution in [3.8, 4) is 10.6 Å². The van der Waals surface area contributed by atoms with Crippen molar-refractivity contribution in [2.24, 2.45) is 15.7 Å². The molecular weight excluding hydrogens is 696 g/mol. The van der Waals surface area contributed by atoms with Gasteiger partial charge in [0.1, 0.15) is 16.5 Å². The van der Waals surface area contributed by atoms with Crippen molar-refractivity contribution in [2.75, 3.05) is 18.1 Å². The van der Waals surface area contributed by atoms with Crippen LogP contribution in [0.25, 0.3) is 10.6 Å². The molecule has 0 fully saturated rings. The van der Waals surface area contributed by atoms with Crippen LogP contribution in [0.5, 0.6) is 0 Å². The highest BCUT2D eigenvalue weighted by molar-refractivity contribution is 14.2. The Morgan fingerprint density at radius 1 is 1.22 bits per heavy atom. The number of aryl methyl sites for hydroxylation is 3. The molecule has 1 aromatic carbocycles. The maximum Gasteiger partial charge on any atom is 0.256 e. The first kappa shape index (κ1) is 34.7. The average molecular weight is 731 g/mol. The molecule has 41 heavy (non-hydrogen) atoms. The van der Waals surface area contributed by atoms with Crippen LogP contribution in [0.2, 0.25) is 0 Å². The molecule has 220 valence electrons. The summed E-state index contributed by atoms with van der Waals surface area (Å²) < 4.78 is 28.7.